The second kappa shape index (κ2) is 9.32. The van der Waals surface area contributed by atoms with Crippen LogP contribution in [0.1, 0.15) is 85.5 Å². The number of hydrogen-bond donors (Lipinski definition) is 4. The van der Waals surface area contributed by atoms with Crippen LogP contribution in [-0.2, 0) is 9.53 Å². The van der Waals surface area contributed by atoms with Gasteiger partial charge in [-0.3, -0.25) is 4.79 Å². The van der Waals surface area contributed by atoms with E-state index in [2.05, 4.69) is 0 Å². The van der Waals surface area contributed by atoms with Gasteiger partial charge in [-0.25, -0.2) is 0 Å². The van der Waals surface area contributed by atoms with E-state index in [0.717, 1.165) is 0 Å². The smallest absolute Gasteiger partial charge is 0.309 e. The summed E-state index contributed by atoms with van der Waals surface area (Å²) in [6.07, 6.45) is -2.26. The third-order valence-corrected chi connectivity index (χ3v) is 10.9. The maximum atomic E-state index is 13.1. The fourth-order valence-electron chi connectivity index (χ4n) is 8.26. The number of hydrogen-bond acceptors (Lipinski definition) is 6. The summed E-state index contributed by atoms with van der Waals surface area (Å²) in [6, 6.07) is 0. The van der Waals surface area contributed by atoms with Crippen molar-refractivity contribution in [2.75, 3.05) is 6.61 Å². The monoisotopic (exact) mass is 484 g/mol. The Kier molecular flexibility index (Phi) is 5.86. The van der Waals surface area contributed by atoms with E-state index in [9.17, 15) is 26.6 Å². The molecule has 13 atom stereocenters. The van der Waals surface area contributed by atoms with Gasteiger partial charge in [0.2, 0.25) is 0 Å². The molecule has 3 aliphatic carbocycles. The minimum atomic E-state index is -2.65. The highest BCUT2D eigenvalue weighted by Gasteiger charge is 2.63. The molecule has 0 aromatic rings. The van der Waals surface area contributed by atoms with Crippen molar-refractivity contribution in [3.8, 4) is 0 Å². The van der Waals surface area contributed by atoms with Crippen molar-refractivity contribution < 1.29 is 35.4 Å². The molecule has 0 radical (unpaired) electrons. The van der Waals surface area contributed by atoms with Crippen LogP contribution in [0.25, 0.3) is 0 Å². The molecule has 6 heteroatoms. The summed E-state index contributed by atoms with van der Waals surface area (Å²) in [6.45, 7) is 7.12. The van der Waals surface area contributed by atoms with Gasteiger partial charge in [0.1, 0.15) is 0 Å². The van der Waals surface area contributed by atoms with Crippen molar-refractivity contribution in [3.63, 3.8) is 0 Å². The quantitative estimate of drug-likeness (QED) is 0.446. The molecule has 0 aromatic heterocycles. The molecule has 1 saturated heterocycles. The lowest BCUT2D eigenvalue weighted by molar-refractivity contribution is -0.162. The molecular formula is C28H48O6. The van der Waals surface area contributed by atoms with Crippen molar-refractivity contribution in [2.45, 2.75) is 104 Å². The first-order valence-corrected chi connectivity index (χ1v) is 13.3. The summed E-state index contributed by atoms with van der Waals surface area (Å²) >= 11 is 0. The zero-order chi connectivity index (χ0) is 28.6. The molecule has 3 saturated carbocycles. The number of aliphatic hydroxyl groups excluding tert-OH is 4. The molecule has 1 heterocycles. The lowest BCUT2D eigenvalue weighted by Gasteiger charge is -2.56. The van der Waals surface area contributed by atoms with Crippen LogP contribution in [0, 0.1) is 58.1 Å². The van der Waals surface area contributed by atoms with E-state index in [1.165, 1.54) is 0 Å². The first-order chi connectivity index (χ1) is 17.4. The number of ether oxygens (including phenoxy) is 1. The minimum absolute atomic E-state index is 0.0178. The van der Waals surface area contributed by atoms with Gasteiger partial charge < -0.3 is 25.2 Å². The Morgan fingerprint density at radius 1 is 1.03 bits per heavy atom. The average molecular weight is 485 g/mol. The lowest BCUT2D eigenvalue weighted by atomic mass is 9.48. The number of carbonyl (C=O) groups is 1. The first-order valence-electron chi connectivity index (χ1n) is 15.3. The van der Waals surface area contributed by atoms with Gasteiger partial charge in [0.05, 0.1) is 36.9 Å². The van der Waals surface area contributed by atoms with Crippen molar-refractivity contribution in [1.29, 1.82) is 0 Å². The van der Waals surface area contributed by atoms with Crippen LogP contribution in [0.3, 0.4) is 0 Å². The van der Waals surface area contributed by atoms with Crippen LogP contribution in [0.5, 0.6) is 0 Å². The van der Waals surface area contributed by atoms with Gasteiger partial charge in [-0.1, -0.05) is 41.5 Å². The Labute approximate surface area is 211 Å². The molecular weight excluding hydrogens is 432 g/mol. The summed E-state index contributed by atoms with van der Waals surface area (Å²) in [5.41, 5.74) is -1.35. The maximum Gasteiger partial charge on any atom is 0.309 e. The Morgan fingerprint density at radius 2 is 1.71 bits per heavy atom. The molecule has 196 valence electrons. The fourth-order valence-corrected chi connectivity index (χ4v) is 8.26. The van der Waals surface area contributed by atoms with E-state index in [0.29, 0.717) is 25.7 Å². The predicted octanol–water partition coefficient (Wildman–Crippen LogP) is 3.39. The molecule has 4 fully saturated rings. The summed E-state index contributed by atoms with van der Waals surface area (Å²) < 4.78 is 40.8. The number of rotatable bonds is 5. The SMILES string of the molecule is [2H]C([2H])([2H])[C@H]([C@@H](O)[C@H](O)[C@@H](C)C(C)C)[C@@]1([2H])CCC2C3COC(=O)C4C[C@H](O)[C@H](O)C[C@]4(C)C3CC[C@@]21C. The Balaban J connectivity index is 1.71. The standard InChI is InChI=1S/C28H48O6/c1-14(2)15(3)24(31)25(32)16(4)18-7-8-19-17-13-34-26(33)21-11-22(29)23(30)12-28(21,6)20(17)9-10-27(18,19)5/h14-25,29-32H,7-13H2,1-6H3/t15-,16-,17?,18+,19?,20?,21?,22-,23+,24+,25+,27+,28+/m0/s1/i4D3,18D. The average Bonchev–Trinajstić information content (AvgIpc) is 3.02. The predicted molar refractivity (Wildman–Crippen MR) is 130 cm³/mol. The second-order valence-corrected chi connectivity index (χ2v) is 12.7. The van der Waals surface area contributed by atoms with Crippen LogP contribution >= 0.6 is 0 Å². The summed E-state index contributed by atoms with van der Waals surface area (Å²) in [5, 5.41) is 43.3. The third-order valence-electron chi connectivity index (χ3n) is 10.9. The summed E-state index contributed by atoms with van der Waals surface area (Å²) in [5.74, 6) is -4.34. The Hall–Kier alpha value is -0.690. The van der Waals surface area contributed by atoms with E-state index in [-0.39, 0.29) is 55.0 Å². The number of cyclic esters (lactones) is 1. The molecule has 0 spiro atoms. The minimum Gasteiger partial charge on any atom is -0.465 e. The third kappa shape index (κ3) is 4.05. The normalized spacial score (nSPS) is 52.4. The van der Waals surface area contributed by atoms with Crippen molar-refractivity contribution >= 4 is 5.97 Å². The second-order valence-electron chi connectivity index (χ2n) is 12.7. The van der Waals surface area contributed by atoms with Crippen LogP contribution < -0.4 is 0 Å². The zero-order valence-corrected chi connectivity index (χ0v) is 21.4. The number of aliphatic hydroxyl groups is 4. The molecule has 1 aliphatic heterocycles. The van der Waals surface area contributed by atoms with Crippen molar-refractivity contribution in [1.82, 2.24) is 0 Å². The molecule has 0 aromatic carbocycles. The lowest BCUT2D eigenvalue weighted by Crippen LogP contribution is -2.55. The molecule has 4 aliphatic rings. The highest BCUT2D eigenvalue weighted by atomic mass is 16.5. The Morgan fingerprint density at radius 3 is 2.35 bits per heavy atom. The molecule has 4 rings (SSSR count). The number of carbonyl (C=O) groups excluding carboxylic acids is 1. The van der Waals surface area contributed by atoms with E-state index < -0.39 is 59.8 Å². The van der Waals surface area contributed by atoms with Crippen LogP contribution in [0.2, 0.25) is 0 Å². The molecule has 0 bridgehead atoms. The summed E-state index contributed by atoms with van der Waals surface area (Å²) in [7, 11) is 0. The van der Waals surface area contributed by atoms with Crippen molar-refractivity contribution in [3.05, 3.63) is 0 Å². The van der Waals surface area contributed by atoms with Crippen molar-refractivity contribution in [2.24, 2.45) is 58.1 Å². The first kappa shape index (κ1) is 21.4. The molecule has 4 N–H and O–H groups in total. The van der Waals surface area contributed by atoms with Gasteiger partial charge in [-0.2, -0.15) is 0 Å². The van der Waals surface area contributed by atoms with Crippen LogP contribution in [-0.4, -0.2) is 57.4 Å². The summed E-state index contributed by atoms with van der Waals surface area (Å²) in [4.78, 5) is 13.1. The van der Waals surface area contributed by atoms with E-state index in [1.807, 2.05) is 27.7 Å². The molecule has 4 unspecified atom stereocenters. The maximum absolute atomic E-state index is 13.1. The van der Waals surface area contributed by atoms with Gasteiger partial charge >= 0.3 is 5.97 Å². The van der Waals surface area contributed by atoms with Gasteiger partial charge in [0.15, 0.2) is 0 Å². The zero-order valence-electron chi connectivity index (χ0n) is 25.4. The highest BCUT2D eigenvalue weighted by Crippen LogP contribution is 2.66. The van der Waals surface area contributed by atoms with Gasteiger partial charge in [0.25, 0.3) is 0 Å². The fraction of sp³-hybridized carbons (Fsp3) is 0.964. The topological polar surface area (TPSA) is 107 Å². The molecule has 34 heavy (non-hydrogen) atoms. The number of esters is 1. The van der Waals surface area contributed by atoms with Crippen LogP contribution in [0.15, 0.2) is 0 Å². The molecule has 6 nitrogen and oxygen atoms in total. The van der Waals surface area contributed by atoms with E-state index >= 15 is 0 Å². The molecule has 0 amide bonds. The van der Waals surface area contributed by atoms with Gasteiger partial charge in [0, 0.05) is 5.48 Å². The largest absolute Gasteiger partial charge is 0.465 e. The van der Waals surface area contributed by atoms with Gasteiger partial charge in [-0.05, 0) is 90.8 Å². The van der Waals surface area contributed by atoms with E-state index in [1.54, 1.807) is 6.92 Å². The number of fused-ring (bicyclic) bond motifs is 5. The Bertz CT molecular complexity index is 899. The van der Waals surface area contributed by atoms with Crippen LogP contribution in [0.4, 0.5) is 0 Å². The van der Waals surface area contributed by atoms with E-state index in [4.69, 9.17) is 8.85 Å². The van der Waals surface area contributed by atoms with Gasteiger partial charge in [-0.15, -0.1) is 0 Å². The highest BCUT2D eigenvalue weighted by molar-refractivity contribution is 5.74.